The number of hydrogen-bond donors (Lipinski definition) is 1. The Bertz CT molecular complexity index is 110. The lowest BCUT2D eigenvalue weighted by Crippen LogP contribution is -2.06. The zero-order valence-corrected chi connectivity index (χ0v) is 6.23. The van der Waals surface area contributed by atoms with Gasteiger partial charge in [-0.2, -0.15) is 0 Å². The largest absolute Gasteiger partial charge is 0.328 e. The number of nitrogens with zero attached hydrogens (tertiary/aromatic N) is 3. The van der Waals surface area contributed by atoms with Gasteiger partial charge in [-0.25, -0.2) is 15.0 Å². The molecule has 0 saturated heterocycles. The topological polar surface area (TPSA) is 64.7 Å². The molecule has 0 saturated carbocycles. The first kappa shape index (κ1) is 8.97. The maximum absolute atomic E-state index is 5.11. The van der Waals surface area contributed by atoms with Gasteiger partial charge in [-0.3, -0.25) is 0 Å². The zero-order chi connectivity index (χ0) is 7.82. The van der Waals surface area contributed by atoms with E-state index in [9.17, 15) is 0 Å². The first-order valence-electron chi connectivity index (χ1n) is 3.04. The molecule has 0 spiro atoms. The quantitative estimate of drug-likeness (QED) is 0.560. The molecule has 0 aliphatic heterocycles. The average molecular weight is 140 g/mol. The standard InChI is InChI=1S/C3H3N3.C3H9N/c1-4-2-6-3-5-1;1-3(2)4/h1-3H;3H,4H2,1-2H3. The molecule has 0 atom stereocenters. The van der Waals surface area contributed by atoms with E-state index in [1.165, 1.54) is 19.0 Å². The van der Waals surface area contributed by atoms with Crippen molar-refractivity contribution < 1.29 is 0 Å². The van der Waals surface area contributed by atoms with Crippen LogP contribution in [0.25, 0.3) is 0 Å². The molecule has 56 valence electrons. The van der Waals surface area contributed by atoms with Gasteiger partial charge in [0.05, 0.1) is 0 Å². The van der Waals surface area contributed by atoms with Crippen molar-refractivity contribution >= 4 is 0 Å². The second kappa shape index (κ2) is 6.10. The van der Waals surface area contributed by atoms with Gasteiger partial charge in [0.2, 0.25) is 0 Å². The van der Waals surface area contributed by atoms with Crippen LogP contribution < -0.4 is 5.73 Å². The van der Waals surface area contributed by atoms with Crippen LogP contribution in [0.4, 0.5) is 0 Å². The highest BCUT2D eigenvalue weighted by Crippen LogP contribution is 1.58. The van der Waals surface area contributed by atoms with Gasteiger partial charge in [-0.1, -0.05) is 13.8 Å². The second-order valence-corrected chi connectivity index (χ2v) is 2.04. The Kier molecular flexibility index (Phi) is 5.47. The zero-order valence-electron chi connectivity index (χ0n) is 6.23. The van der Waals surface area contributed by atoms with Crippen molar-refractivity contribution in [2.45, 2.75) is 19.9 Å². The molecule has 0 amide bonds. The molecule has 0 aromatic carbocycles. The third-order valence-electron chi connectivity index (χ3n) is 0.400. The summed E-state index contributed by atoms with van der Waals surface area (Å²) in [5.74, 6) is 0. The summed E-state index contributed by atoms with van der Waals surface area (Å²) in [4.78, 5) is 10.7. The molecule has 1 aromatic rings. The normalized spacial score (nSPS) is 8.40. The summed E-state index contributed by atoms with van der Waals surface area (Å²) in [7, 11) is 0. The summed E-state index contributed by atoms with van der Waals surface area (Å²) < 4.78 is 0. The summed E-state index contributed by atoms with van der Waals surface area (Å²) in [6, 6.07) is 0.333. The molecule has 0 aliphatic rings. The van der Waals surface area contributed by atoms with Gasteiger partial charge in [0, 0.05) is 0 Å². The Labute approximate surface area is 60.5 Å². The third-order valence-corrected chi connectivity index (χ3v) is 0.400. The van der Waals surface area contributed by atoms with Crippen LogP contribution in [0, 0.1) is 0 Å². The van der Waals surface area contributed by atoms with Gasteiger partial charge in [-0.05, 0) is 6.04 Å². The SMILES string of the molecule is CC(C)N.c1ncncn1. The Morgan fingerprint density at radius 1 is 1.00 bits per heavy atom. The highest BCUT2D eigenvalue weighted by Gasteiger charge is 1.67. The molecule has 1 rings (SSSR count). The lowest BCUT2D eigenvalue weighted by Gasteiger charge is -1.81. The van der Waals surface area contributed by atoms with Crippen LogP contribution in [-0.4, -0.2) is 21.0 Å². The number of hydrogen-bond acceptors (Lipinski definition) is 4. The van der Waals surface area contributed by atoms with E-state index in [0.717, 1.165) is 0 Å². The fourth-order valence-corrected chi connectivity index (χ4v) is 0.205. The molecule has 10 heavy (non-hydrogen) atoms. The van der Waals surface area contributed by atoms with Crippen LogP contribution in [0.5, 0.6) is 0 Å². The summed E-state index contributed by atoms with van der Waals surface area (Å²) in [6.45, 7) is 3.89. The van der Waals surface area contributed by atoms with Gasteiger partial charge in [0.25, 0.3) is 0 Å². The van der Waals surface area contributed by atoms with E-state index in [0.29, 0.717) is 6.04 Å². The Morgan fingerprint density at radius 3 is 1.30 bits per heavy atom. The monoisotopic (exact) mass is 140 g/mol. The van der Waals surface area contributed by atoms with E-state index < -0.39 is 0 Å². The highest BCUT2D eigenvalue weighted by atomic mass is 14.9. The van der Waals surface area contributed by atoms with Gasteiger partial charge in [0.1, 0.15) is 19.0 Å². The van der Waals surface area contributed by atoms with Crippen molar-refractivity contribution in [3.63, 3.8) is 0 Å². The van der Waals surface area contributed by atoms with Crippen molar-refractivity contribution in [3.8, 4) is 0 Å². The van der Waals surface area contributed by atoms with Crippen LogP contribution in [0.3, 0.4) is 0 Å². The maximum Gasteiger partial charge on any atom is 0.119 e. The molecular weight excluding hydrogens is 128 g/mol. The maximum atomic E-state index is 5.11. The van der Waals surface area contributed by atoms with Gasteiger partial charge >= 0.3 is 0 Å². The van der Waals surface area contributed by atoms with Crippen molar-refractivity contribution in [3.05, 3.63) is 19.0 Å². The van der Waals surface area contributed by atoms with Gasteiger partial charge in [-0.15, -0.1) is 0 Å². The fraction of sp³-hybridized carbons (Fsp3) is 0.500. The summed E-state index contributed by atoms with van der Waals surface area (Å²) >= 11 is 0. The van der Waals surface area contributed by atoms with E-state index in [2.05, 4.69) is 15.0 Å². The minimum absolute atomic E-state index is 0.333. The van der Waals surface area contributed by atoms with Crippen LogP contribution in [0.2, 0.25) is 0 Å². The van der Waals surface area contributed by atoms with E-state index in [1.807, 2.05) is 13.8 Å². The molecule has 0 bridgehead atoms. The Morgan fingerprint density at radius 2 is 1.20 bits per heavy atom. The molecule has 1 aromatic heterocycles. The van der Waals surface area contributed by atoms with E-state index in [1.54, 1.807) is 0 Å². The van der Waals surface area contributed by atoms with Crippen LogP contribution in [0.1, 0.15) is 13.8 Å². The second-order valence-electron chi connectivity index (χ2n) is 2.04. The third kappa shape index (κ3) is 10.1. The summed E-state index contributed by atoms with van der Waals surface area (Å²) in [5.41, 5.74) is 5.11. The lowest BCUT2D eigenvalue weighted by molar-refractivity contribution is 0.834. The fourth-order valence-electron chi connectivity index (χ4n) is 0.205. The van der Waals surface area contributed by atoms with Crippen LogP contribution in [0.15, 0.2) is 19.0 Å². The smallest absolute Gasteiger partial charge is 0.119 e. The first-order chi connectivity index (χ1) is 4.73. The first-order valence-corrected chi connectivity index (χ1v) is 3.04. The predicted octanol–water partition coefficient (Wildman–Crippen LogP) is 0.225. The number of aromatic nitrogens is 3. The van der Waals surface area contributed by atoms with Crippen molar-refractivity contribution in [2.75, 3.05) is 0 Å². The highest BCUT2D eigenvalue weighted by molar-refractivity contribution is 4.51. The molecule has 1 heterocycles. The van der Waals surface area contributed by atoms with E-state index in [-0.39, 0.29) is 0 Å². The summed E-state index contributed by atoms with van der Waals surface area (Å²) in [5, 5.41) is 0. The Balaban J connectivity index is 0.000000180. The van der Waals surface area contributed by atoms with Gasteiger partial charge in [0.15, 0.2) is 0 Å². The number of nitrogens with two attached hydrogens (primary N) is 1. The lowest BCUT2D eigenvalue weighted by atomic mass is 10.5. The Hall–Kier alpha value is -1.03. The number of rotatable bonds is 0. The van der Waals surface area contributed by atoms with Crippen molar-refractivity contribution in [2.24, 2.45) is 5.73 Å². The van der Waals surface area contributed by atoms with Crippen LogP contribution >= 0.6 is 0 Å². The average Bonchev–Trinajstić information content (AvgIpc) is 1.90. The molecule has 4 heteroatoms. The molecule has 0 fully saturated rings. The van der Waals surface area contributed by atoms with Gasteiger partial charge < -0.3 is 5.73 Å². The minimum atomic E-state index is 0.333. The molecule has 2 N–H and O–H groups in total. The van der Waals surface area contributed by atoms with Crippen LogP contribution in [-0.2, 0) is 0 Å². The molecule has 0 aliphatic carbocycles. The van der Waals surface area contributed by atoms with Crippen molar-refractivity contribution in [1.29, 1.82) is 0 Å². The van der Waals surface area contributed by atoms with Crippen molar-refractivity contribution in [1.82, 2.24) is 15.0 Å². The molecular formula is C6H12N4. The minimum Gasteiger partial charge on any atom is -0.328 e. The van der Waals surface area contributed by atoms with E-state index >= 15 is 0 Å². The summed E-state index contributed by atoms with van der Waals surface area (Å²) in [6.07, 6.45) is 4.31. The molecule has 0 unspecified atom stereocenters. The molecule has 0 radical (unpaired) electrons. The van der Waals surface area contributed by atoms with E-state index in [4.69, 9.17) is 5.73 Å². The molecule has 4 nitrogen and oxygen atoms in total. The predicted molar refractivity (Wildman–Crippen MR) is 39.2 cm³/mol.